The molecule has 0 spiro atoms. The van der Waals surface area contributed by atoms with Gasteiger partial charge in [0.2, 0.25) is 0 Å². The Kier molecular flexibility index (Phi) is 4.02. The van der Waals surface area contributed by atoms with Crippen molar-refractivity contribution in [2.75, 3.05) is 19.8 Å². The Hall–Kier alpha value is -0.0800. The summed E-state index contributed by atoms with van der Waals surface area (Å²) < 4.78 is 5.60. The quantitative estimate of drug-likeness (QED) is 0.638. The normalized spacial score (nSPS) is 29.5. The second kappa shape index (κ2) is 4.83. The van der Waals surface area contributed by atoms with Gasteiger partial charge in [0.15, 0.2) is 0 Å². The molecule has 0 saturated carbocycles. The van der Waals surface area contributed by atoms with Crippen molar-refractivity contribution < 1.29 is 4.74 Å². The van der Waals surface area contributed by atoms with Crippen molar-refractivity contribution in [3.63, 3.8) is 0 Å². The molecule has 1 fully saturated rings. The molecule has 2 heteroatoms. The Labute approximate surface area is 75.7 Å². The molecule has 1 unspecified atom stereocenters. The summed E-state index contributed by atoms with van der Waals surface area (Å²) in [5, 5.41) is 3.55. The van der Waals surface area contributed by atoms with Gasteiger partial charge >= 0.3 is 0 Å². The number of ether oxygens (including phenoxy) is 1. The zero-order valence-corrected chi connectivity index (χ0v) is 8.36. The molecule has 1 rings (SSSR count). The molecule has 2 nitrogen and oxygen atoms in total. The van der Waals surface area contributed by atoms with Gasteiger partial charge in [0.05, 0.1) is 6.61 Å². The fraction of sp³-hybridized carbons (Fsp3) is 1.00. The largest absolute Gasteiger partial charge is 0.380 e. The first kappa shape index (κ1) is 10.0. The van der Waals surface area contributed by atoms with E-state index in [0.717, 1.165) is 19.6 Å². The van der Waals surface area contributed by atoms with Crippen LogP contribution in [0.1, 0.15) is 39.5 Å². The Morgan fingerprint density at radius 1 is 1.42 bits per heavy atom. The number of rotatable bonds is 5. The number of nitrogens with one attached hydrogen (secondary N) is 1. The summed E-state index contributed by atoms with van der Waals surface area (Å²) in [5.41, 5.74) is 0.315. The molecule has 1 N–H and O–H groups in total. The standard InChI is InChI=1S/C10H21NO/c1-3-8-12-9-10(4-2)6-5-7-11-10/h11H,3-9H2,1-2H3. The van der Waals surface area contributed by atoms with Gasteiger partial charge in [-0.1, -0.05) is 13.8 Å². The van der Waals surface area contributed by atoms with Gasteiger partial charge in [0.1, 0.15) is 0 Å². The van der Waals surface area contributed by atoms with E-state index >= 15 is 0 Å². The van der Waals surface area contributed by atoms with Crippen molar-refractivity contribution in [3.05, 3.63) is 0 Å². The predicted octanol–water partition coefficient (Wildman–Crippen LogP) is 1.95. The fourth-order valence-corrected chi connectivity index (χ4v) is 1.81. The lowest BCUT2D eigenvalue weighted by Gasteiger charge is -2.27. The first-order valence-electron chi connectivity index (χ1n) is 5.16. The molecular formula is C10H21NO. The molecule has 1 aliphatic rings. The molecule has 0 aromatic carbocycles. The van der Waals surface area contributed by atoms with E-state index in [-0.39, 0.29) is 0 Å². The van der Waals surface area contributed by atoms with Gasteiger partial charge in [0, 0.05) is 12.1 Å². The second-order valence-corrected chi connectivity index (χ2v) is 3.72. The summed E-state index contributed by atoms with van der Waals surface area (Å²) in [6, 6.07) is 0. The topological polar surface area (TPSA) is 21.3 Å². The van der Waals surface area contributed by atoms with Crippen molar-refractivity contribution in [1.29, 1.82) is 0 Å². The first-order valence-corrected chi connectivity index (χ1v) is 5.16. The third kappa shape index (κ3) is 2.46. The van der Waals surface area contributed by atoms with Gasteiger partial charge in [-0.2, -0.15) is 0 Å². The maximum absolute atomic E-state index is 5.60. The summed E-state index contributed by atoms with van der Waals surface area (Å²) >= 11 is 0. The molecule has 0 bridgehead atoms. The molecular weight excluding hydrogens is 150 g/mol. The van der Waals surface area contributed by atoms with Gasteiger partial charge in [-0.25, -0.2) is 0 Å². The van der Waals surface area contributed by atoms with E-state index < -0.39 is 0 Å². The second-order valence-electron chi connectivity index (χ2n) is 3.72. The number of hydrogen-bond donors (Lipinski definition) is 1. The molecule has 0 aromatic rings. The monoisotopic (exact) mass is 171 g/mol. The average Bonchev–Trinajstić information content (AvgIpc) is 2.55. The molecule has 72 valence electrons. The Balaban J connectivity index is 2.24. The van der Waals surface area contributed by atoms with Crippen LogP contribution >= 0.6 is 0 Å². The molecule has 0 amide bonds. The van der Waals surface area contributed by atoms with Crippen LogP contribution in [-0.2, 0) is 4.74 Å². The van der Waals surface area contributed by atoms with Gasteiger partial charge in [-0.05, 0) is 32.2 Å². The highest BCUT2D eigenvalue weighted by molar-refractivity contribution is 4.91. The van der Waals surface area contributed by atoms with Gasteiger partial charge in [0.25, 0.3) is 0 Å². The SMILES string of the molecule is CCCOCC1(CC)CCCN1. The minimum Gasteiger partial charge on any atom is -0.380 e. The van der Waals surface area contributed by atoms with Crippen LogP contribution in [0.3, 0.4) is 0 Å². The molecule has 1 saturated heterocycles. The van der Waals surface area contributed by atoms with E-state index in [1.54, 1.807) is 0 Å². The van der Waals surface area contributed by atoms with Crippen LogP contribution in [0.2, 0.25) is 0 Å². The summed E-state index contributed by atoms with van der Waals surface area (Å²) in [4.78, 5) is 0. The lowest BCUT2D eigenvalue weighted by molar-refractivity contribution is 0.0745. The van der Waals surface area contributed by atoms with Crippen LogP contribution in [0.15, 0.2) is 0 Å². The molecule has 0 aliphatic carbocycles. The van der Waals surface area contributed by atoms with Crippen LogP contribution in [0.4, 0.5) is 0 Å². The minimum absolute atomic E-state index is 0.315. The van der Waals surface area contributed by atoms with Crippen LogP contribution in [-0.4, -0.2) is 25.3 Å². The van der Waals surface area contributed by atoms with Crippen molar-refractivity contribution in [2.24, 2.45) is 0 Å². The Bertz CT molecular complexity index is 119. The molecule has 12 heavy (non-hydrogen) atoms. The fourth-order valence-electron chi connectivity index (χ4n) is 1.81. The van der Waals surface area contributed by atoms with E-state index in [1.807, 2.05) is 0 Å². The van der Waals surface area contributed by atoms with E-state index in [9.17, 15) is 0 Å². The van der Waals surface area contributed by atoms with Crippen molar-refractivity contribution in [3.8, 4) is 0 Å². The zero-order chi connectivity index (χ0) is 8.86. The van der Waals surface area contributed by atoms with Crippen molar-refractivity contribution in [2.45, 2.75) is 45.1 Å². The summed E-state index contributed by atoms with van der Waals surface area (Å²) in [6.45, 7) is 7.37. The molecule has 0 aromatic heterocycles. The molecule has 1 heterocycles. The van der Waals surface area contributed by atoms with Crippen molar-refractivity contribution in [1.82, 2.24) is 5.32 Å². The van der Waals surface area contributed by atoms with Crippen LogP contribution < -0.4 is 5.32 Å². The van der Waals surface area contributed by atoms with Gasteiger partial charge in [-0.3, -0.25) is 0 Å². The highest BCUT2D eigenvalue weighted by Crippen LogP contribution is 2.22. The maximum Gasteiger partial charge on any atom is 0.0648 e. The van der Waals surface area contributed by atoms with Crippen LogP contribution in [0.25, 0.3) is 0 Å². The zero-order valence-electron chi connectivity index (χ0n) is 8.36. The van der Waals surface area contributed by atoms with Gasteiger partial charge in [-0.15, -0.1) is 0 Å². The Morgan fingerprint density at radius 3 is 2.75 bits per heavy atom. The lowest BCUT2D eigenvalue weighted by atomic mass is 9.95. The first-order chi connectivity index (χ1) is 5.83. The molecule has 1 aliphatic heterocycles. The van der Waals surface area contributed by atoms with Gasteiger partial charge < -0.3 is 10.1 Å². The number of hydrogen-bond acceptors (Lipinski definition) is 2. The molecule has 0 radical (unpaired) electrons. The van der Waals surface area contributed by atoms with E-state index in [2.05, 4.69) is 19.2 Å². The Morgan fingerprint density at radius 2 is 2.25 bits per heavy atom. The summed E-state index contributed by atoms with van der Waals surface area (Å²) in [7, 11) is 0. The minimum atomic E-state index is 0.315. The average molecular weight is 171 g/mol. The third-order valence-electron chi connectivity index (χ3n) is 2.74. The predicted molar refractivity (Wildman–Crippen MR) is 51.4 cm³/mol. The van der Waals surface area contributed by atoms with E-state index in [4.69, 9.17) is 4.74 Å². The maximum atomic E-state index is 5.60. The highest BCUT2D eigenvalue weighted by atomic mass is 16.5. The lowest BCUT2D eigenvalue weighted by Crippen LogP contribution is -2.43. The highest BCUT2D eigenvalue weighted by Gasteiger charge is 2.31. The van der Waals surface area contributed by atoms with Crippen LogP contribution in [0, 0.1) is 0 Å². The van der Waals surface area contributed by atoms with E-state index in [1.165, 1.54) is 25.8 Å². The molecule has 1 atom stereocenters. The van der Waals surface area contributed by atoms with Crippen LogP contribution in [0.5, 0.6) is 0 Å². The van der Waals surface area contributed by atoms with E-state index in [0.29, 0.717) is 5.54 Å². The summed E-state index contributed by atoms with van der Waals surface area (Å²) in [6.07, 6.45) is 4.91. The smallest absolute Gasteiger partial charge is 0.0648 e. The summed E-state index contributed by atoms with van der Waals surface area (Å²) in [5.74, 6) is 0. The van der Waals surface area contributed by atoms with Crippen molar-refractivity contribution >= 4 is 0 Å². The third-order valence-corrected chi connectivity index (χ3v) is 2.74.